The summed E-state index contributed by atoms with van der Waals surface area (Å²) in [6, 6.07) is 13.4. The van der Waals surface area contributed by atoms with Gasteiger partial charge in [0.2, 0.25) is 0 Å². The van der Waals surface area contributed by atoms with Crippen LogP contribution in [-0.2, 0) is 10.0 Å². The molecule has 0 radical (unpaired) electrons. The predicted octanol–water partition coefficient (Wildman–Crippen LogP) is 4.01. The van der Waals surface area contributed by atoms with Crippen LogP contribution < -0.4 is 9.62 Å². The van der Waals surface area contributed by atoms with Crippen molar-refractivity contribution in [3.8, 4) is 0 Å². The topological polar surface area (TPSA) is 69.7 Å². The number of hydrogen-bond donors (Lipinski definition) is 1. The van der Waals surface area contributed by atoms with Crippen molar-refractivity contribution < 1.29 is 13.2 Å². The zero-order chi connectivity index (χ0) is 22.5. The van der Waals surface area contributed by atoms with E-state index in [0.29, 0.717) is 34.9 Å². The van der Waals surface area contributed by atoms with Gasteiger partial charge in [-0.25, -0.2) is 8.42 Å². The largest absolute Gasteiger partial charge is 0.351 e. The van der Waals surface area contributed by atoms with E-state index >= 15 is 0 Å². The van der Waals surface area contributed by atoms with Crippen LogP contribution in [0, 0.1) is 0 Å². The molecule has 0 atom stereocenters. The first-order valence-electron chi connectivity index (χ1n) is 9.92. The third-order valence-electron chi connectivity index (χ3n) is 4.91. The molecule has 1 amide bonds. The maximum Gasteiger partial charge on any atom is 0.264 e. The molecule has 1 N–H and O–H groups in total. The molecule has 8 heteroatoms. The molecule has 0 aliphatic rings. The first-order valence-corrected chi connectivity index (χ1v) is 11.7. The standard InChI is InChI=1S/C22H30ClN3O3S/c1-16(2)26(17(3)4)13-12-24-22(27)18-8-6-11-21(14-18)30(28,29)25(5)20-10-7-9-19(23)15-20/h6-11,14-17H,12-13H2,1-5H3,(H,24,27). The van der Waals surface area contributed by atoms with Gasteiger partial charge >= 0.3 is 0 Å². The molecule has 2 aromatic carbocycles. The van der Waals surface area contributed by atoms with E-state index in [2.05, 4.69) is 37.9 Å². The Morgan fingerprint density at radius 2 is 1.67 bits per heavy atom. The second kappa shape index (κ2) is 10.3. The van der Waals surface area contributed by atoms with Gasteiger partial charge in [0.15, 0.2) is 0 Å². The Balaban J connectivity index is 2.14. The molecule has 164 valence electrons. The van der Waals surface area contributed by atoms with Gasteiger partial charge in [-0.15, -0.1) is 0 Å². The molecular weight excluding hydrogens is 422 g/mol. The lowest BCUT2D eigenvalue weighted by molar-refractivity contribution is 0.0939. The summed E-state index contributed by atoms with van der Waals surface area (Å²) < 4.78 is 27.2. The van der Waals surface area contributed by atoms with Crippen LogP contribution in [0.1, 0.15) is 38.1 Å². The third kappa shape index (κ3) is 5.97. The third-order valence-corrected chi connectivity index (χ3v) is 6.93. The Hall–Kier alpha value is -2.09. The summed E-state index contributed by atoms with van der Waals surface area (Å²) in [7, 11) is -2.38. The van der Waals surface area contributed by atoms with Crippen molar-refractivity contribution in [2.75, 3.05) is 24.4 Å². The molecule has 0 aliphatic carbocycles. The second-order valence-corrected chi connectivity index (χ2v) is 10.1. The molecule has 0 heterocycles. The lowest BCUT2D eigenvalue weighted by Gasteiger charge is -2.30. The van der Waals surface area contributed by atoms with Crippen molar-refractivity contribution in [1.29, 1.82) is 0 Å². The molecule has 0 aliphatic heterocycles. The normalized spacial score (nSPS) is 11.9. The number of nitrogens with zero attached hydrogens (tertiary/aromatic N) is 2. The SMILES string of the molecule is CC(C)N(CCNC(=O)c1cccc(S(=O)(=O)N(C)c2cccc(Cl)c2)c1)C(C)C. The molecule has 0 saturated heterocycles. The minimum absolute atomic E-state index is 0.0450. The zero-order valence-electron chi connectivity index (χ0n) is 18.1. The highest BCUT2D eigenvalue weighted by Crippen LogP contribution is 2.25. The zero-order valence-corrected chi connectivity index (χ0v) is 19.7. The van der Waals surface area contributed by atoms with Crippen molar-refractivity contribution >= 4 is 33.2 Å². The molecule has 0 bridgehead atoms. The Kier molecular flexibility index (Phi) is 8.29. The average molecular weight is 452 g/mol. The Bertz CT molecular complexity index is 969. The summed E-state index contributed by atoms with van der Waals surface area (Å²) >= 11 is 5.98. The first kappa shape index (κ1) is 24.2. The van der Waals surface area contributed by atoms with Crippen molar-refractivity contribution in [2.24, 2.45) is 0 Å². The van der Waals surface area contributed by atoms with Gasteiger partial charge in [0, 0.05) is 42.8 Å². The smallest absolute Gasteiger partial charge is 0.264 e. The number of amides is 1. The van der Waals surface area contributed by atoms with Gasteiger partial charge in [0.25, 0.3) is 15.9 Å². The van der Waals surface area contributed by atoms with E-state index in [1.165, 1.54) is 19.2 Å². The lowest BCUT2D eigenvalue weighted by Crippen LogP contribution is -2.42. The summed E-state index contributed by atoms with van der Waals surface area (Å²) in [6.07, 6.45) is 0. The number of halogens is 1. The van der Waals surface area contributed by atoms with Crippen LogP contribution in [0.5, 0.6) is 0 Å². The van der Waals surface area contributed by atoms with Crippen LogP contribution in [0.3, 0.4) is 0 Å². The number of rotatable bonds is 9. The van der Waals surface area contributed by atoms with Gasteiger partial charge in [-0.3, -0.25) is 14.0 Å². The van der Waals surface area contributed by atoms with E-state index in [4.69, 9.17) is 11.6 Å². The Morgan fingerprint density at radius 1 is 1.03 bits per heavy atom. The van der Waals surface area contributed by atoms with E-state index in [-0.39, 0.29) is 10.8 Å². The molecule has 2 aromatic rings. The van der Waals surface area contributed by atoms with Gasteiger partial charge in [0.05, 0.1) is 10.6 Å². The molecule has 6 nitrogen and oxygen atoms in total. The highest BCUT2D eigenvalue weighted by Gasteiger charge is 2.23. The number of sulfonamides is 1. The summed E-state index contributed by atoms with van der Waals surface area (Å²) in [5.74, 6) is -0.301. The molecule has 2 rings (SSSR count). The minimum Gasteiger partial charge on any atom is -0.351 e. The second-order valence-electron chi connectivity index (χ2n) is 7.66. The van der Waals surface area contributed by atoms with Crippen LogP contribution in [0.2, 0.25) is 5.02 Å². The summed E-state index contributed by atoms with van der Waals surface area (Å²) in [6.45, 7) is 9.67. The first-order chi connectivity index (χ1) is 14.0. The monoisotopic (exact) mass is 451 g/mol. The fourth-order valence-corrected chi connectivity index (χ4v) is 4.70. The Labute approximate surface area is 184 Å². The van der Waals surface area contributed by atoms with Crippen LogP contribution in [-0.4, -0.2) is 51.4 Å². The van der Waals surface area contributed by atoms with E-state index in [9.17, 15) is 13.2 Å². The number of carbonyl (C=O) groups excluding carboxylic acids is 1. The number of hydrogen-bond acceptors (Lipinski definition) is 4. The van der Waals surface area contributed by atoms with E-state index in [0.717, 1.165) is 10.8 Å². The van der Waals surface area contributed by atoms with Gasteiger partial charge in [-0.05, 0) is 64.1 Å². The van der Waals surface area contributed by atoms with Crippen LogP contribution in [0.15, 0.2) is 53.4 Å². The molecule has 30 heavy (non-hydrogen) atoms. The summed E-state index contributed by atoms with van der Waals surface area (Å²) in [5, 5.41) is 3.32. The van der Waals surface area contributed by atoms with Crippen molar-refractivity contribution in [3.63, 3.8) is 0 Å². The fraction of sp³-hybridized carbons (Fsp3) is 0.409. The van der Waals surface area contributed by atoms with E-state index in [1.54, 1.807) is 36.4 Å². The fourth-order valence-electron chi connectivity index (χ4n) is 3.28. The van der Waals surface area contributed by atoms with Crippen LogP contribution in [0.4, 0.5) is 5.69 Å². The van der Waals surface area contributed by atoms with Crippen LogP contribution in [0.25, 0.3) is 0 Å². The molecule has 0 spiro atoms. The van der Waals surface area contributed by atoms with Gasteiger partial charge in [-0.2, -0.15) is 0 Å². The number of benzene rings is 2. The quantitative estimate of drug-likeness (QED) is 0.625. The molecule has 0 saturated carbocycles. The minimum atomic E-state index is -3.83. The Morgan fingerprint density at radius 3 is 2.27 bits per heavy atom. The summed E-state index contributed by atoms with van der Waals surface area (Å²) in [4.78, 5) is 14.9. The predicted molar refractivity (Wildman–Crippen MR) is 123 cm³/mol. The van der Waals surface area contributed by atoms with Gasteiger partial charge in [0.1, 0.15) is 0 Å². The molecule has 0 unspecified atom stereocenters. The van der Waals surface area contributed by atoms with Gasteiger partial charge < -0.3 is 5.32 Å². The molecular formula is C22H30ClN3O3S. The summed E-state index contributed by atoms with van der Waals surface area (Å²) in [5.41, 5.74) is 0.746. The van der Waals surface area contributed by atoms with Crippen LogP contribution >= 0.6 is 11.6 Å². The maximum absolute atomic E-state index is 13.0. The van der Waals surface area contributed by atoms with E-state index < -0.39 is 10.0 Å². The van der Waals surface area contributed by atoms with Crippen molar-refractivity contribution in [1.82, 2.24) is 10.2 Å². The highest BCUT2D eigenvalue weighted by atomic mass is 35.5. The number of anilines is 1. The maximum atomic E-state index is 13.0. The highest BCUT2D eigenvalue weighted by molar-refractivity contribution is 7.92. The number of carbonyl (C=O) groups is 1. The number of nitrogens with one attached hydrogen (secondary N) is 1. The lowest BCUT2D eigenvalue weighted by atomic mass is 10.2. The van der Waals surface area contributed by atoms with Crippen molar-refractivity contribution in [3.05, 3.63) is 59.1 Å². The molecule has 0 aromatic heterocycles. The average Bonchev–Trinajstić information content (AvgIpc) is 2.69. The van der Waals surface area contributed by atoms with Gasteiger partial charge in [-0.1, -0.05) is 23.7 Å². The van der Waals surface area contributed by atoms with E-state index in [1.807, 2.05) is 0 Å². The molecule has 0 fully saturated rings. The van der Waals surface area contributed by atoms with Crippen molar-refractivity contribution in [2.45, 2.75) is 44.7 Å².